The SMILES string of the molecule is CC1C2CC(C(=O)OC(C)(C)c3ccc4c(ccc5c6ccccc6ccc45)c3)C(C2)C1C. The lowest BCUT2D eigenvalue weighted by Crippen LogP contribution is -2.35. The van der Waals surface area contributed by atoms with Gasteiger partial charge in [0.25, 0.3) is 0 Å². The van der Waals surface area contributed by atoms with Crippen LogP contribution in [0.4, 0.5) is 0 Å². The molecule has 0 aromatic heterocycles. The van der Waals surface area contributed by atoms with E-state index in [1.54, 1.807) is 0 Å². The fraction of sp³-hybridized carbons (Fsp3) is 0.387. The number of ether oxygens (including phenoxy) is 1. The lowest BCUT2D eigenvalue weighted by atomic mass is 9.75. The molecule has 0 spiro atoms. The number of carbonyl (C=O) groups excluding carboxylic acids is 1. The van der Waals surface area contributed by atoms with Crippen LogP contribution in [0.5, 0.6) is 0 Å². The standard InChI is InChI=1S/C31H32O2/c1-18-19(2)28-16-22(18)17-29(28)30(32)33-31(3,4)23-11-14-25-21(15-23)10-13-26-24-8-6-5-7-20(24)9-12-27(25)26/h5-15,18-19,22,28-29H,16-17H2,1-4H3. The van der Waals surface area contributed by atoms with E-state index in [-0.39, 0.29) is 11.9 Å². The minimum Gasteiger partial charge on any atom is -0.455 e. The van der Waals surface area contributed by atoms with Crippen LogP contribution >= 0.6 is 0 Å². The van der Waals surface area contributed by atoms with E-state index in [4.69, 9.17) is 4.74 Å². The third kappa shape index (κ3) is 3.18. The van der Waals surface area contributed by atoms with E-state index in [0.717, 1.165) is 17.9 Å². The summed E-state index contributed by atoms with van der Waals surface area (Å²) in [5, 5.41) is 7.50. The molecule has 0 radical (unpaired) electrons. The molecule has 2 heteroatoms. The van der Waals surface area contributed by atoms with Gasteiger partial charge in [-0.05, 0) is 94.3 Å². The minimum absolute atomic E-state index is 0.00340. The van der Waals surface area contributed by atoms with Gasteiger partial charge in [0.05, 0.1) is 5.92 Å². The van der Waals surface area contributed by atoms with Crippen LogP contribution in [0.2, 0.25) is 0 Å². The highest BCUT2D eigenvalue weighted by molar-refractivity contribution is 6.17. The Bertz CT molecular complexity index is 1400. The van der Waals surface area contributed by atoms with E-state index >= 15 is 0 Å². The van der Waals surface area contributed by atoms with Gasteiger partial charge in [0.15, 0.2) is 0 Å². The summed E-state index contributed by atoms with van der Waals surface area (Å²) in [7, 11) is 0. The summed E-state index contributed by atoms with van der Waals surface area (Å²) >= 11 is 0. The second-order valence-corrected chi connectivity index (χ2v) is 11.0. The molecule has 4 aromatic rings. The van der Waals surface area contributed by atoms with Crippen molar-refractivity contribution in [2.45, 2.75) is 46.1 Å². The van der Waals surface area contributed by atoms with Gasteiger partial charge < -0.3 is 4.74 Å². The normalized spacial score (nSPS) is 27.0. The van der Waals surface area contributed by atoms with Gasteiger partial charge in [-0.2, -0.15) is 0 Å². The van der Waals surface area contributed by atoms with Crippen molar-refractivity contribution in [2.24, 2.45) is 29.6 Å². The third-order valence-electron chi connectivity index (χ3n) is 8.99. The first-order chi connectivity index (χ1) is 15.8. The van der Waals surface area contributed by atoms with E-state index < -0.39 is 5.60 Å². The highest BCUT2D eigenvalue weighted by Gasteiger charge is 2.52. The van der Waals surface area contributed by atoms with Crippen LogP contribution in [0.25, 0.3) is 32.3 Å². The Morgan fingerprint density at radius 1 is 0.788 bits per heavy atom. The molecule has 0 amide bonds. The molecule has 2 bridgehead atoms. The molecule has 0 heterocycles. The lowest BCUT2D eigenvalue weighted by Gasteiger charge is -2.33. The number of fused-ring (bicyclic) bond motifs is 7. The van der Waals surface area contributed by atoms with Crippen LogP contribution < -0.4 is 0 Å². The molecule has 168 valence electrons. The summed E-state index contributed by atoms with van der Waals surface area (Å²) < 4.78 is 6.20. The van der Waals surface area contributed by atoms with Crippen molar-refractivity contribution in [3.63, 3.8) is 0 Å². The van der Waals surface area contributed by atoms with Crippen molar-refractivity contribution in [1.82, 2.24) is 0 Å². The first-order valence-corrected chi connectivity index (χ1v) is 12.4. The first kappa shape index (κ1) is 20.7. The Hall–Kier alpha value is -2.87. The number of benzene rings is 4. The zero-order chi connectivity index (χ0) is 22.9. The summed E-state index contributed by atoms with van der Waals surface area (Å²) in [5.74, 6) is 2.60. The van der Waals surface area contributed by atoms with Crippen molar-refractivity contribution < 1.29 is 9.53 Å². The quantitative estimate of drug-likeness (QED) is 0.241. The molecule has 2 fully saturated rings. The fourth-order valence-corrected chi connectivity index (χ4v) is 6.80. The maximum absolute atomic E-state index is 13.2. The Labute approximate surface area is 195 Å². The predicted molar refractivity (Wildman–Crippen MR) is 136 cm³/mol. The molecule has 2 nitrogen and oxygen atoms in total. The Kier molecular flexibility index (Phi) is 4.59. The van der Waals surface area contributed by atoms with E-state index in [1.807, 2.05) is 13.8 Å². The predicted octanol–water partition coefficient (Wildman–Crippen LogP) is 7.85. The molecule has 2 saturated carbocycles. The monoisotopic (exact) mass is 436 g/mol. The Morgan fingerprint density at radius 2 is 1.45 bits per heavy atom. The van der Waals surface area contributed by atoms with Gasteiger partial charge in [0.2, 0.25) is 0 Å². The Morgan fingerprint density at radius 3 is 2.18 bits per heavy atom. The summed E-state index contributed by atoms with van der Waals surface area (Å²) in [4.78, 5) is 13.2. The molecule has 2 aliphatic carbocycles. The van der Waals surface area contributed by atoms with Gasteiger partial charge in [-0.1, -0.05) is 74.5 Å². The van der Waals surface area contributed by atoms with Crippen molar-refractivity contribution >= 4 is 38.3 Å². The first-order valence-electron chi connectivity index (χ1n) is 12.4. The van der Waals surface area contributed by atoms with Crippen LogP contribution in [0.3, 0.4) is 0 Å². The third-order valence-corrected chi connectivity index (χ3v) is 8.99. The second kappa shape index (κ2) is 7.32. The van der Waals surface area contributed by atoms with Crippen molar-refractivity contribution in [2.75, 3.05) is 0 Å². The van der Waals surface area contributed by atoms with E-state index in [2.05, 4.69) is 80.6 Å². The zero-order valence-corrected chi connectivity index (χ0v) is 20.0. The van der Waals surface area contributed by atoms with Gasteiger partial charge in [0.1, 0.15) is 5.60 Å². The van der Waals surface area contributed by atoms with Gasteiger partial charge in [-0.25, -0.2) is 0 Å². The number of hydrogen-bond donors (Lipinski definition) is 0. The van der Waals surface area contributed by atoms with Crippen LogP contribution in [-0.2, 0) is 15.1 Å². The number of esters is 1. The number of rotatable bonds is 3. The lowest BCUT2D eigenvalue weighted by molar-refractivity contribution is -0.165. The topological polar surface area (TPSA) is 26.3 Å². The smallest absolute Gasteiger partial charge is 0.310 e. The van der Waals surface area contributed by atoms with Crippen molar-refractivity contribution in [3.8, 4) is 0 Å². The van der Waals surface area contributed by atoms with E-state index in [1.165, 1.54) is 38.7 Å². The highest BCUT2D eigenvalue weighted by Crippen LogP contribution is 2.55. The maximum atomic E-state index is 13.2. The average molecular weight is 437 g/mol. The highest BCUT2D eigenvalue weighted by atomic mass is 16.6. The van der Waals surface area contributed by atoms with Gasteiger partial charge in [-0.15, -0.1) is 0 Å². The van der Waals surface area contributed by atoms with Crippen molar-refractivity contribution in [1.29, 1.82) is 0 Å². The van der Waals surface area contributed by atoms with E-state index in [0.29, 0.717) is 17.8 Å². The molecule has 0 N–H and O–H groups in total. The Balaban J connectivity index is 1.32. The zero-order valence-electron chi connectivity index (χ0n) is 20.0. The molecule has 6 rings (SSSR count). The fourth-order valence-electron chi connectivity index (χ4n) is 6.80. The number of carbonyl (C=O) groups is 1. The van der Waals surface area contributed by atoms with Gasteiger partial charge in [-0.3, -0.25) is 4.79 Å². The van der Waals surface area contributed by atoms with Crippen LogP contribution in [-0.4, -0.2) is 5.97 Å². The molecular formula is C31H32O2. The molecule has 5 atom stereocenters. The molecule has 33 heavy (non-hydrogen) atoms. The second-order valence-electron chi connectivity index (χ2n) is 11.0. The molecule has 4 aromatic carbocycles. The molecule has 2 aliphatic rings. The largest absolute Gasteiger partial charge is 0.455 e. The summed E-state index contributed by atoms with van der Waals surface area (Å²) in [6, 6.07) is 23.9. The van der Waals surface area contributed by atoms with Gasteiger partial charge >= 0.3 is 5.97 Å². The maximum Gasteiger partial charge on any atom is 0.310 e. The molecule has 0 aliphatic heterocycles. The summed E-state index contributed by atoms with van der Waals surface area (Å²) in [5.41, 5.74) is 0.397. The van der Waals surface area contributed by atoms with Gasteiger partial charge in [0, 0.05) is 0 Å². The molecule has 0 saturated heterocycles. The van der Waals surface area contributed by atoms with Crippen molar-refractivity contribution in [3.05, 3.63) is 72.3 Å². The summed E-state index contributed by atoms with van der Waals surface area (Å²) in [6.45, 7) is 8.72. The van der Waals surface area contributed by atoms with E-state index in [9.17, 15) is 4.79 Å². The minimum atomic E-state index is -0.652. The summed E-state index contributed by atoms with van der Waals surface area (Å²) in [6.07, 6.45) is 2.20. The van der Waals surface area contributed by atoms with Crippen LogP contribution in [0.1, 0.15) is 46.1 Å². The molecular weight excluding hydrogens is 404 g/mol. The van der Waals surface area contributed by atoms with Crippen LogP contribution in [0.15, 0.2) is 66.7 Å². The number of hydrogen-bond acceptors (Lipinski definition) is 2. The van der Waals surface area contributed by atoms with Crippen LogP contribution in [0, 0.1) is 29.6 Å². The molecule has 5 unspecified atom stereocenters. The average Bonchev–Trinajstić information content (AvgIpc) is 3.38.